The van der Waals surface area contributed by atoms with Gasteiger partial charge in [0.1, 0.15) is 18.5 Å². The average Bonchev–Trinajstić information content (AvgIpc) is 3.32. The van der Waals surface area contributed by atoms with Crippen LogP contribution in [0.25, 0.3) is 11.3 Å². The van der Waals surface area contributed by atoms with E-state index in [1.165, 1.54) is 26.3 Å². The van der Waals surface area contributed by atoms with Crippen molar-refractivity contribution in [3.8, 4) is 17.1 Å². The Hall–Kier alpha value is -3.98. The van der Waals surface area contributed by atoms with Crippen LogP contribution in [0.1, 0.15) is 15.9 Å². The number of ether oxygens (including phenoxy) is 2. The molecule has 3 atom stereocenters. The van der Waals surface area contributed by atoms with Crippen LogP contribution in [0, 0.1) is 17.7 Å². The lowest BCUT2D eigenvalue weighted by atomic mass is 10.1. The highest BCUT2D eigenvalue weighted by Crippen LogP contribution is 2.48. The highest BCUT2D eigenvalue weighted by molar-refractivity contribution is 5.94. The first-order valence-electron chi connectivity index (χ1n) is 11.7. The fraction of sp³-hybridized carbons (Fsp3) is 0.296. The maximum atomic E-state index is 13.4. The number of rotatable bonds is 7. The topological polar surface area (TPSA) is 81.2 Å². The Labute approximate surface area is 208 Å². The summed E-state index contributed by atoms with van der Waals surface area (Å²) in [6, 6.07) is 18.6. The summed E-state index contributed by atoms with van der Waals surface area (Å²) in [5.74, 6) is -0.0874. The monoisotopic (exact) mass is 491 g/mol. The third kappa shape index (κ3) is 5.01. The molecule has 1 saturated heterocycles. The molecular weight excluding hydrogens is 465 g/mol. The van der Waals surface area contributed by atoms with Gasteiger partial charge < -0.3 is 14.4 Å². The molecule has 1 saturated carbocycles. The van der Waals surface area contributed by atoms with Crippen LogP contribution in [-0.2, 0) is 16.2 Å². The Morgan fingerprint density at radius 1 is 1.06 bits per heavy atom. The summed E-state index contributed by atoms with van der Waals surface area (Å²) in [5, 5.41) is 1.11. The Balaban J connectivity index is 1.25. The van der Waals surface area contributed by atoms with Crippen molar-refractivity contribution >= 4 is 12.0 Å². The molecule has 0 bridgehead atoms. The summed E-state index contributed by atoms with van der Waals surface area (Å²) in [6.07, 6.45) is -0.445. The van der Waals surface area contributed by atoms with E-state index in [-0.39, 0.29) is 42.4 Å². The maximum absolute atomic E-state index is 13.4. The van der Waals surface area contributed by atoms with Gasteiger partial charge >= 0.3 is 6.09 Å². The standard InChI is InChI=1S/C27H26FN3O5/c1-30(34-2)26(32)19-12-23(18-8-10-20(28)11-9-18)29-24(13-19)36-25-21-14-31(15-22(21)25)27(33)35-16-17-6-4-3-5-7-17/h3-13,21-22,25H,14-16H2,1-2H3/t21-,22+,25?. The lowest BCUT2D eigenvalue weighted by molar-refractivity contribution is -0.0757. The zero-order chi connectivity index (χ0) is 25.2. The number of amides is 2. The Bertz CT molecular complexity index is 1240. The number of hydrogen-bond acceptors (Lipinski definition) is 6. The third-order valence-corrected chi connectivity index (χ3v) is 6.58. The van der Waals surface area contributed by atoms with Crippen LogP contribution in [0.5, 0.6) is 5.88 Å². The molecule has 0 N–H and O–H groups in total. The predicted molar refractivity (Wildman–Crippen MR) is 128 cm³/mol. The number of hydroxylamine groups is 2. The average molecular weight is 492 g/mol. The molecule has 5 rings (SSSR count). The van der Waals surface area contributed by atoms with Crippen LogP contribution < -0.4 is 4.74 Å². The molecule has 2 fully saturated rings. The first-order chi connectivity index (χ1) is 17.4. The van der Waals surface area contributed by atoms with Crippen molar-refractivity contribution in [3.05, 3.63) is 83.7 Å². The van der Waals surface area contributed by atoms with Crippen molar-refractivity contribution < 1.29 is 28.3 Å². The molecule has 36 heavy (non-hydrogen) atoms. The van der Waals surface area contributed by atoms with E-state index in [1.54, 1.807) is 29.2 Å². The number of likely N-dealkylation sites (tertiary alicyclic amines) is 1. The molecule has 0 radical (unpaired) electrons. The normalized spacial score (nSPS) is 20.0. The van der Waals surface area contributed by atoms with Gasteiger partial charge in [-0.05, 0) is 35.9 Å². The molecule has 2 heterocycles. The number of carbonyl (C=O) groups is 2. The second kappa shape index (κ2) is 9.94. The number of aromatic nitrogens is 1. The molecule has 9 heteroatoms. The number of fused-ring (bicyclic) bond motifs is 1. The Kier molecular flexibility index (Phi) is 6.56. The first kappa shape index (κ1) is 23.7. The molecule has 2 aliphatic rings. The number of benzene rings is 2. The molecule has 1 aliphatic carbocycles. The predicted octanol–water partition coefficient (Wildman–Crippen LogP) is 4.17. The van der Waals surface area contributed by atoms with Gasteiger partial charge in [-0.2, -0.15) is 0 Å². The zero-order valence-corrected chi connectivity index (χ0v) is 20.0. The van der Waals surface area contributed by atoms with Crippen LogP contribution in [-0.4, -0.2) is 60.3 Å². The van der Waals surface area contributed by atoms with Crippen molar-refractivity contribution in [1.29, 1.82) is 0 Å². The second-order valence-corrected chi connectivity index (χ2v) is 8.93. The molecule has 8 nitrogen and oxygen atoms in total. The van der Waals surface area contributed by atoms with E-state index < -0.39 is 0 Å². The highest BCUT2D eigenvalue weighted by atomic mass is 19.1. The van der Waals surface area contributed by atoms with Crippen LogP contribution in [0.3, 0.4) is 0 Å². The zero-order valence-electron chi connectivity index (χ0n) is 20.0. The maximum Gasteiger partial charge on any atom is 0.410 e. The van der Waals surface area contributed by atoms with Gasteiger partial charge in [0.05, 0.1) is 12.8 Å². The molecule has 0 spiro atoms. The number of hydrogen-bond donors (Lipinski definition) is 0. The summed E-state index contributed by atoms with van der Waals surface area (Å²) in [5.41, 5.74) is 2.41. The van der Waals surface area contributed by atoms with Gasteiger partial charge in [0, 0.05) is 49.2 Å². The minimum absolute atomic E-state index is 0.109. The van der Waals surface area contributed by atoms with Crippen molar-refractivity contribution in [2.75, 3.05) is 27.2 Å². The fourth-order valence-corrected chi connectivity index (χ4v) is 4.47. The van der Waals surface area contributed by atoms with Gasteiger partial charge in [0.15, 0.2) is 0 Å². The van der Waals surface area contributed by atoms with Crippen LogP contribution in [0.4, 0.5) is 9.18 Å². The lowest BCUT2D eigenvalue weighted by Gasteiger charge is -2.20. The van der Waals surface area contributed by atoms with Gasteiger partial charge in [0.25, 0.3) is 5.91 Å². The van der Waals surface area contributed by atoms with E-state index in [9.17, 15) is 14.0 Å². The largest absolute Gasteiger partial charge is 0.474 e. The van der Waals surface area contributed by atoms with Crippen LogP contribution in [0.2, 0.25) is 0 Å². The number of piperidine rings is 1. The fourth-order valence-electron chi connectivity index (χ4n) is 4.47. The van der Waals surface area contributed by atoms with Gasteiger partial charge in [-0.3, -0.25) is 9.63 Å². The smallest absolute Gasteiger partial charge is 0.410 e. The van der Waals surface area contributed by atoms with Crippen molar-refractivity contribution in [1.82, 2.24) is 14.9 Å². The lowest BCUT2D eigenvalue weighted by Crippen LogP contribution is -2.33. The molecule has 2 aromatic carbocycles. The SMILES string of the molecule is CON(C)C(=O)c1cc(OC2[C@H]3CN(C(=O)OCc4ccccc4)C[C@@H]23)nc(-c2ccc(F)cc2)c1. The van der Waals surface area contributed by atoms with Crippen LogP contribution in [0.15, 0.2) is 66.7 Å². The van der Waals surface area contributed by atoms with Crippen molar-refractivity contribution in [2.24, 2.45) is 11.8 Å². The van der Waals surface area contributed by atoms with E-state index in [0.717, 1.165) is 10.6 Å². The molecule has 3 aromatic rings. The molecule has 186 valence electrons. The van der Waals surface area contributed by atoms with E-state index in [0.29, 0.717) is 35.8 Å². The Morgan fingerprint density at radius 2 is 1.75 bits per heavy atom. The summed E-state index contributed by atoms with van der Waals surface area (Å²) in [4.78, 5) is 36.5. The van der Waals surface area contributed by atoms with Gasteiger partial charge in [-0.15, -0.1) is 0 Å². The third-order valence-electron chi connectivity index (χ3n) is 6.58. The summed E-state index contributed by atoms with van der Waals surface area (Å²) in [7, 11) is 2.91. The molecule has 1 aliphatic heterocycles. The van der Waals surface area contributed by atoms with E-state index >= 15 is 0 Å². The molecule has 1 aromatic heterocycles. The number of halogens is 1. The van der Waals surface area contributed by atoms with Crippen LogP contribution >= 0.6 is 0 Å². The van der Waals surface area contributed by atoms with E-state index in [4.69, 9.17) is 14.3 Å². The van der Waals surface area contributed by atoms with Gasteiger partial charge in [-0.25, -0.2) is 19.2 Å². The van der Waals surface area contributed by atoms with E-state index in [1.807, 2.05) is 30.3 Å². The van der Waals surface area contributed by atoms with Crippen molar-refractivity contribution in [2.45, 2.75) is 12.7 Å². The van der Waals surface area contributed by atoms with Gasteiger partial charge in [0.2, 0.25) is 5.88 Å². The number of carbonyl (C=O) groups excluding carboxylic acids is 2. The molecule has 1 unspecified atom stereocenters. The summed E-state index contributed by atoms with van der Waals surface area (Å²) in [6.45, 7) is 1.32. The van der Waals surface area contributed by atoms with Crippen molar-refractivity contribution in [3.63, 3.8) is 0 Å². The Morgan fingerprint density at radius 3 is 2.42 bits per heavy atom. The molecular formula is C27H26FN3O5. The number of nitrogens with zero attached hydrogens (tertiary/aromatic N) is 3. The number of pyridine rings is 1. The highest BCUT2D eigenvalue weighted by Gasteiger charge is 2.59. The quantitative estimate of drug-likeness (QED) is 0.462. The second-order valence-electron chi connectivity index (χ2n) is 8.93. The van der Waals surface area contributed by atoms with E-state index in [2.05, 4.69) is 4.98 Å². The minimum atomic E-state index is -0.364. The first-order valence-corrected chi connectivity index (χ1v) is 11.7. The minimum Gasteiger partial charge on any atom is -0.474 e. The molecule has 2 amide bonds. The summed E-state index contributed by atoms with van der Waals surface area (Å²) < 4.78 is 25.0. The summed E-state index contributed by atoms with van der Waals surface area (Å²) >= 11 is 0. The van der Waals surface area contributed by atoms with Gasteiger partial charge in [-0.1, -0.05) is 30.3 Å².